The molecule has 2 atom stereocenters. The van der Waals surface area contributed by atoms with Gasteiger partial charge in [0.15, 0.2) is 5.43 Å². The van der Waals surface area contributed by atoms with Crippen molar-refractivity contribution in [2.24, 2.45) is 5.41 Å². The highest BCUT2D eigenvalue weighted by molar-refractivity contribution is 7.90. The summed E-state index contributed by atoms with van der Waals surface area (Å²) < 4.78 is 21.9. The minimum absolute atomic E-state index is 0.0187. The van der Waals surface area contributed by atoms with E-state index in [9.17, 15) is 9.35 Å². The maximum Gasteiger partial charge on any atom is 0.202 e. The van der Waals surface area contributed by atoms with Gasteiger partial charge in [-0.25, -0.2) is 0 Å². The Bertz CT molecular complexity index is 981. The molecule has 2 aromatic rings. The predicted octanol–water partition coefficient (Wildman–Crippen LogP) is 5.15. The van der Waals surface area contributed by atoms with E-state index in [0.29, 0.717) is 27.8 Å². The number of hydrogen-bond donors (Lipinski definition) is 1. The fraction of sp³-hybridized carbons (Fsp3) is 0.625. The van der Waals surface area contributed by atoms with Gasteiger partial charge in [-0.15, -0.1) is 4.72 Å². The van der Waals surface area contributed by atoms with Crippen LogP contribution in [0.1, 0.15) is 77.1 Å². The van der Waals surface area contributed by atoms with Crippen LogP contribution in [0.4, 0.5) is 5.88 Å². The summed E-state index contributed by atoms with van der Waals surface area (Å²) in [5, 5.41) is 0.596. The molecule has 6 heteroatoms. The average Bonchev–Trinajstić information content (AvgIpc) is 2.64. The van der Waals surface area contributed by atoms with Crippen LogP contribution in [-0.2, 0) is 11.4 Å². The van der Waals surface area contributed by atoms with Crippen LogP contribution in [0.2, 0.25) is 0 Å². The van der Waals surface area contributed by atoms with Gasteiger partial charge in [-0.2, -0.15) is 0 Å². The smallest absolute Gasteiger partial charge is 0.202 e. The Morgan fingerprint density at radius 1 is 1.20 bits per heavy atom. The van der Waals surface area contributed by atoms with Crippen LogP contribution in [0.15, 0.2) is 21.3 Å². The second-order valence-electron chi connectivity index (χ2n) is 10.5. The molecular weight excluding hydrogens is 396 g/mol. The van der Waals surface area contributed by atoms with Gasteiger partial charge in [-0.05, 0) is 71.4 Å². The van der Waals surface area contributed by atoms with Crippen molar-refractivity contribution in [3.8, 4) is 0 Å². The first-order valence-corrected chi connectivity index (χ1v) is 12.0. The molecule has 1 unspecified atom stereocenters. The van der Waals surface area contributed by atoms with Crippen LogP contribution in [0.5, 0.6) is 0 Å². The van der Waals surface area contributed by atoms with Gasteiger partial charge < -0.3 is 13.9 Å². The van der Waals surface area contributed by atoms with E-state index in [1.165, 1.54) is 0 Å². The molecular formula is C24H36N2O3S. The largest absolute Gasteiger partial charge is 0.598 e. The van der Waals surface area contributed by atoms with E-state index in [-0.39, 0.29) is 16.2 Å². The summed E-state index contributed by atoms with van der Waals surface area (Å²) in [6.45, 7) is 18.0. The number of benzene rings is 1. The number of rotatable bonds is 4. The molecule has 0 spiro atoms. The van der Waals surface area contributed by atoms with Crippen molar-refractivity contribution in [3.63, 3.8) is 0 Å². The van der Waals surface area contributed by atoms with Crippen LogP contribution >= 0.6 is 0 Å². The van der Waals surface area contributed by atoms with Gasteiger partial charge in [-0.1, -0.05) is 19.9 Å². The van der Waals surface area contributed by atoms with Crippen molar-refractivity contribution in [2.75, 3.05) is 18.0 Å². The Morgan fingerprint density at radius 3 is 2.37 bits per heavy atom. The van der Waals surface area contributed by atoms with Crippen molar-refractivity contribution in [1.82, 2.24) is 4.72 Å². The first-order chi connectivity index (χ1) is 13.8. The Labute approximate surface area is 183 Å². The summed E-state index contributed by atoms with van der Waals surface area (Å²) >= 11 is -1.23. The normalized spacial score (nSPS) is 19.2. The fourth-order valence-corrected chi connectivity index (χ4v) is 4.70. The highest BCUT2D eigenvalue weighted by atomic mass is 32.2. The SMILES string of the molecule is Cc1cc([C@@H](C)N[S+]([O-])C(C)(C)C)c2oc(N3CCC(C)(C)CC3)c(C)c(=O)c2c1. The van der Waals surface area contributed by atoms with E-state index in [2.05, 4.69) is 23.5 Å². The van der Waals surface area contributed by atoms with Crippen LogP contribution in [-0.4, -0.2) is 22.4 Å². The molecule has 1 saturated heterocycles. The number of aryl methyl sites for hydroxylation is 1. The summed E-state index contributed by atoms with van der Waals surface area (Å²) in [6.07, 6.45) is 2.13. The van der Waals surface area contributed by atoms with Crippen LogP contribution in [0.3, 0.4) is 0 Å². The standard InChI is InChI=1S/C24H36N2O3S/c1-15-13-18(17(3)25-30(28)23(4,5)6)21-19(14-15)20(27)16(2)22(29-21)26-11-9-24(7,8)10-12-26/h13-14,17,25H,9-12H2,1-8H3/t17-,30?/m1/s1. The summed E-state index contributed by atoms with van der Waals surface area (Å²) in [5.74, 6) is 0.678. The van der Waals surface area contributed by atoms with E-state index in [4.69, 9.17) is 4.42 Å². The molecule has 0 radical (unpaired) electrons. The number of fused-ring (bicyclic) bond motifs is 1. The molecule has 0 bridgehead atoms. The van der Waals surface area contributed by atoms with Crippen LogP contribution < -0.4 is 15.1 Å². The van der Waals surface area contributed by atoms with Crippen LogP contribution in [0, 0.1) is 19.3 Å². The molecule has 30 heavy (non-hydrogen) atoms. The monoisotopic (exact) mass is 432 g/mol. The molecule has 3 rings (SSSR count). The minimum atomic E-state index is -1.23. The van der Waals surface area contributed by atoms with Gasteiger partial charge in [0.2, 0.25) is 5.88 Å². The lowest BCUT2D eigenvalue weighted by Gasteiger charge is -2.37. The highest BCUT2D eigenvalue weighted by Crippen LogP contribution is 2.35. The van der Waals surface area contributed by atoms with Gasteiger partial charge in [-0.3, -0.25) is 4.79 Å². The zero-order chi connectivity index (χ0) is 22.4. The molecule has 0 saturated carbocycles. The fourth-order valence-electron chi connectivity index (χ4n) is 3.90. The molecule has 1 N–H and O–H groups in total. The third kappa shape index (κ3) is 4.71. The maximum absolute atomic E-state index is 13.3. The molecule has 2 heterocycles. The van der Waals surface area contributed by atoms with E-state index in [1.807, 2.05) is 53.7 Å². The Morgan fingerprint density at radius 2 is 1.80 bits per heavy atom. The molecule has 5 nitrogen and oxygen atoms in total. The lowest BCUT2D eigenvalue weighted by Crippen LogP contribution is -2.40. The summed E-state index contributed by atoms with van der Waals surface area (Å²) in [6, 6.07) is 3.71. The Kier molecular flexibility index (Phi) is 6.34. The second-order valence-corrected chi connectivity index (χ2v) is 12.5. The molecule has 1 fully saturated rings. The number of nitrogens with zero attached hydrogens (tertiary/aromatic N) is 1. The topological polar surface area (TPSA) is 68.5 Å². The molecule has 0 amide bonds. The third-order valence-corrected chi connectivity index (χ3v) is 7.76. The van der Waals surface area contributed by atoms with E-state index in [1.54, 1.807) is 0 Å². The molecule has 1 aromatic heterocycles. The predicted molar refractivity (Wildman–Crippen MR) is 127 cm³/mol. The zero-order valence-electron chi connectivity index (χ0n) is 19.6. The lowest BCUT2D eigenvalue weighted by molar-refractivity contribution is 0.274. The molecule has 0 aliphatic carbocycles. The van der Waals surface area contributed by atoms with Crippen molar-refractivity contribution in [1.29, 1.82) is 0 Å². The molecule has 1 aromatic carbocycles. The molecule has 1 aliphatic heterocycles. The summed E-state index contributed by atoms with van der Waals surface area (Å²) in [7, 11) is 0. The quantitative estimate of drug-likeness (QED) is 0.677. The number of anilines is 1. The van der Waals surface area contributed by atoms with E-state index < -0.39 is 11.4 Å². The van der Waals surface area contributed by atoms with E-state index >= 15 is 0 Å². The Hall–Kier alpha value is -1.50. The van der Waals surface area contributed by atoms with Gasteiger partial charge in [0.05, 0.1) is 17.0 Å². The van der Waals surface area contributed by atoms with Crippen LogP contribution in [0.25, 0.3) is 11.0 Å². The first kappa shape index (κ1) is 23.2. The van der Waals surface area contributed by atoms with Crippen molar-refractivity contribution in [3.05, 3.63) is 39.0 Å². The molecule has 1 aliphatic rings. The average molecular weight is 433 g/mol. The summed E-state index contributed by atoms with van der Waals surface area (Å²) in [4.78, 5) is 15.5. The van der Waals surface area contributed by atoms with Gasteiger partial charge in [0, 0.05) is 30.0 Å². The zero-order valence-corrected chi connectivity index (χ0v) is 20.5. The van der Waals surface area contributed by atoms with Gasteiger partial charge in [0.1, 0.15) is 10.3 Å². The molecule has 166 valence electrons. The third-order valence-electron chi connectivity index (χ3n) is 6.08. The second kappa shape index (κ2) is 8.21. The number of piperidine rings is 1. The van der Waals surface area contributed by atoms with Gasteiger partial charge >= 0.3 is 0 Å². The number of nitrogens with one attached hydrogen (secondary N) is 1. The minimum Gasteiger partial charge on any atom is -0.598 e. The maximum atomic E-state index is 13.3. The number of hydrogen-bond acceptors (Lipinski definition) is 5. The van der Waals surface area contributed by atoms with E-state index in [0.717, 1.165) is 37.1 Å². The highest BCUT2D eigenvalue weighted by Gasteiger charge is 2.31. The lowest BCUT2D eigenvalue weighted by atomic mass is 9.82. The first-order valence-electron chi connectivity index (χ1n) is 10.8. The van der Waals surface area contributed by atoms with Crippen molar-refractivity contribution < 1.29 is 8.97 Å². The van der Waals surface area contributed by atoms with Crippen molar-refractivity contribution >= 4 is 28.2 Å². The summed E-state index contributed by atoms with van der Waals surface area (Å²) in [5.41, 5.74) is 3.47. The van der Waals surface area contributed by atoms with Gasteiger partial charge in [0.25, 0.3) is 0 Å². The Balaban J connectivity index is 2.08. The van der Waals surface area contributed by atoms with Crippen molar-refractivity contribution in [2.45, 2.75) is 79.0 Å².